The summed E-state index contributed by atoms with van der Waals surface area (Å²) in [6.07, 6.45) is 1.45. The fourth-order valence-corrected chi connectivity index (χ4v) is 5.93. The number of nitrogens with zero attached hydrogens (tertiary/aromatic N) is 3. The van der Waals surface area contributed by atoms with E-state index in [1.165, 1.54) is 4.68 Å². The second-order valence-corrected chi connectivity index (χ2v) is 11.6. The SMILES string of the molecule is CC1(n2nc(CS(C)(=O)=O)nc2-c2ccc(OCCF)cc2)CCS(=O)(=O)C1. The van der Waals surface area contributed by atoms with Crippen LogP contribution in [0.2, 0.25) is 0 Å². The van der Waals surface area contributed by atoms with Gasteiger partial charge in [0, 0.05) is 11.8 Å². The maximum atomic E-state index is 12.2. The summed E-state index contributed by atoms with van der Waals surface area (Å²) in [5.41, 5.74) is -0.189. The van der Waals surface area contributed by atoms with Crippen molar-refractivity contribution in [3.63, 3.8) is 0 Å². The Labute approximate surface area is 163 Å². The van der Waals surface area contributed by atoms with Crippen molar-refractivity contribution in [1.82, 2.24) is 14.8 Å². The van der Waals surface area contributed by atoms with Crippen molar-refractivity contribution >= 4 is 19.7 Å². The Bertz CT molecular complexity index is 1060. The highest BCUT2D eigenvalue weighted by Gasteiger charge is 2.42. The third-order valence-electron chi connectivity index (χ3n) is 4.49. The number of hydrogen-bond acceptors (Lipinski definition) is 7. The van der Waals surface area contributed by atoms with Crippen LogP contribution < -0.4 is 4.74 Å². The number of sulfone groups is 2. The zero-order valence-corrected chi connectivity index (χ0v) is 17.3. The van der Waals surface area contributed by atoms with Crippen LogP contribution in [0, 0.1) is 0 Å². The van der Waals surface area contributed by atoms with E-state index in [4.69, 9.17) is 4.74 Å². The molecule has 0 aliphatic carbocycles. The molecule has 2 aromatic rings. The summed E-state index contributed by atoms with van der Waals surface area (Å²) in [6, 6.07) is 6.69. The lowest BCUT2D eigenvalue weighted by Crippen LogP contribution is -2.33. The van der Waals surface area contributed by atoms with Gasteiger partial charge in [-0.05, 0) is 37.6 Å². The molecule has 0 spiro atoms. The number of benzene rings is 1. The number of aromatic nitrogens is 3. The van der Waals surface area contributed by atoms with Gasteiger partial charge in [-0.3, -0.25) is 0 Å². The Hall–Kier alpha value is -2.01. The summed E-state index contributed by atoms with van der Waals surface area (Å²) in [5.74, 6) is 0.592. The standard InChI is InChI=1S/C17H22FN3O5S2/c1-17(7-10-28(24,25)12-17)21-16(19-15(20-21)11-27(2,22)23)13-3-5-14(6-4-13)26-9-8-18/h3-6H,7-12H2,1-2H3. The van der Waals surface area contributed by atoms with Gasteiger partial charge in [-0.1, -0.05) is 0 Å². The first kappa shape index (κ1) is 20.7. The molecule has 0 bridgehead atoms. The third-order valence-corrected chi connectivity index (χ3v) is 7.16. The number of ether oxygens (including phenoxy) is 1. The Morgan fingerprint density at radius 1 is 1.29 bits per heavy atom. The number of rotatable bonds is 7. The summed E-state index contributed by atoms with van der Waals surface area (Å²) >= 11 is 0. The van der Waals surface area contributed by atoms with Gasteiger partial charge in [0.25, 0.3) is 0 Å². The van der Waals surface area contributed by atoms with Gasteiger partial charge in [-0.25, -0.2) is 30.9 Å². The molecule has 1 atom stereocenters. The normalized spacial score (nSPS) is 21.7. The molecule has 0 N–H and O–H groups in total. The van der Waals surface area contributed by atoms with Gasteiger partial charge in [0.15, 0.2) is 31.3 Å². The fourth-order valence-electron chi connectivity index (χ4n) is 3.23. The van der Waals surface area contributed by atoms with Crippen molar-refractivity contribution < 1.29 is 26.0 Å². The molecule has 0 amide bonds. The van der Waals surface area contributed by atoms with Gasteiger partial charge in [0.1, 0.15) is 24.8 Å². The molecule has 11 heteroatoms. The van der Waals surface area contributed by atoms with Crippen LogP contribution in [-0.2, 0) is 31.0 Å². The smallest absolute Gasteiger partial charge is 0.166 e. The predicted octanol–water partition coefficient (Wildman–Crippen LogP) is 1.37. The van der Waals surface area contributed by atoms with Gasteiger partial charge in [0.05, 0.1) is 17.0 Å². The second-order valence-electron chi connectivity index (χ2n) is 7.23. The summed E-state index contributed by atoms with van der Waals surface area (Å²) in [5, 5.41) is 4.34. The van der Waals surface area contributed by atoms with Crippen molar-refractivity contribution in [3.8, 4) is 17.1 Å². The summed E-state index contributed by atoms with van der Waals surface area (Å²) < 4.78 is 66.4. The van der Waals surface area contributed by atoms with E-state index in [-0.39, 0.29) is 29.7 Å². The van der Waals surface area contributed by atoms with E-state index in [0.717, 1.165) is 6.26 Å². The highest BCUT2D eigenvalue weighted by molar-refractivity contribution is 7.91. The molecule has 1 aliphatic rings. The monoisotopic (exact) mass is 431 g/mol. The molecule has 154 valence electrons. The summed E-state index contributed by atoms with van der Waals surface area (Å²) in [4.78, 5) is 4.37. The van der Waals surface area contributed by atoms with E-state index >= 15 is 0 Å². The van der Waals surface area contributed by atoms with Crippen LogP contribution >= 0.6 is 0 Å². The molecule has 1 aliphatic heterocycles. The molecule has 1 unspecified atom stereocenters. The lowest BCUT2D eigenvalue weighted by molar-refractivity contribution is 0.273. The molecule has 1 saturated heterocycles. The molecule has 0 radical (unpaired) electrons. The third kappa shape index (κ3) is 4.69. The minimum absolute atomic E-state index is 0.0419. The summed E-state index contributed by atoms with van der Waals surface area (Å²) in [7, 11) is -6.56. The van der Waals surface area contributed by atoms with Crippen LogP contribution in [0.15, 0.2) is 24.3 Å². The van der Waals surface area contributed by atoms with Crippen LogP contribution in [0.1, 0.15) is 19.2 Å². The van der Waals surface area contributed by atoms with Gasteiger partial charge < -0.3 is 4.74 Å². The molecule has 1 aromatic carbocycles. The van der Waals surface area contributed by atoms with Crippen molar-refractivity contribution in [3.05, 3.63) is 30.1 Å². The molecule has 8 nitrogen and oxygen atoms in total. The molecule has 1 aromatic heterocycles. The Morgan fingerprint density at radius 3 is 2.50 bits per heavy atom. The van der Waals surface area contributed by atoms with Gasteiger partial charge in [-0.2, -0.15) is 5.10 Å². The van der Waals surface area contributed by atoms with Crippen molar-refractivity contribution in [2.24, 2.45) is 0 Å². The van der Waals surface area contributed by atoms with Crippen molar-refractivity contribution in [2.75, 3.05) is 31.0 Å². The first-order valence-corrected chi connectivity index (χ1v) is 12.5. The molecular formula is C17H22FN3O5S2. The highest BCUT2D eigenvalue weighted by atomic mass is 32.2. The topological polar surface area (TPSA) is 108 Å². The van der Waals surface area contributed by atoms with Crippen molar-refractivity contribution in [1.29, 1.82) is 0 Å². The number of alkyl halides is 1. The van der Waals surface area contributed by atoms with E-state index in [9.17, 15) is 21.2 Å². The van der Waals surface area contributed by atoms with Gasteiger partial charge in [0.2, 0.25) is 0 Å². The van der Waals surface area contributed by atoms with Crippen LogP contribution in [0.5, 0.6) is 5.75 Å². The van der Waals surface area contributed by atoms with Crippen LogP contribution in [0.4, 0.5) is 4.39 Å². The largest absolute Gasteiger partial charge is 0.491 e. The fraction of sp³-hybridized carbons (Fsp3) is 0.529. The quantitative estimate of drug-likeness (QED) is 0.651. The molecule has 3 rings (SSSR count). The Morgan fingerprint density at radius 2 is 1.96 bits per heavy atom. The number of halogens is 1. The minimum Gasteiger partial charge on any atom is -0.491 e. The van der Waals surface area contributed by atoms with E-state index in [2.05, 4.69) is 10.1 Å². The van der Waals surface area contributed by atoms with Crippen molar-refractivity contribution in [2.45, 2.75) is 24.6 Å². The van der Waals surface area contributed by atoms with Crippen LogP contribution in [0.3, 0.4) is 0 Å². The maximum absolute atomic E-state index is 12.2. The lowest BCUT2D eigenvalue weighted by atomic mass is 10.0. The number of hydrogen-bond donors (Lipinski definition) is 0. The van der Waals surface area contributed by atoms with E-state index < -0.39 is 31.9 Å². The molecule has 0 saturated carbocycles. The van der Waals surface area contributed by atoms with Gasteiger partial charge in [-0.15, -0.1) is 0 Å². The molecule has 2 heterocycles. The molecular weight excluding hydrogens is 409 g/mol. The zero-order chi connectivity index (χ0) is 20.6. The minimum atomic E-state index is -3.36. The Kier molecular flexibility index (Phi) is 5.50. The average Bonchev–Trinajstić information content (AvgIpc) is 3.13. The second kappa shape index (κ2) is 7.43. The highest BCUT2D eigenvalue weighted by Crippen LogP contribution is 2.34. The van der Waals surface area contributed by atoms with E-state index in [1.54, 1.807) is 31.2 Å². The Balaban J connectivity index is 2.03. The predicted molar refractivity (Wildman–Crippen MR) is 102 cm³/mol. The first-order chi connectivity index (χ1) is 13.0. The van der Waals surface area contributed by atoms with Crippen LogP contribution in [-0.4, -0.2) is 62.6 Å². The van der Waals surface area contributed by atoms with Crippen LogP contribution in [0.25, 0.3) is 11.4 Å². The zero-order valence-electron chi connectivity index (χ0n) is 15.6. The van der Waals surface area contributed by atoms with E-state index in [1.807, 2.05) is 0 Å². The molecule has 28 heavy (non-hydrogen) atoms. The van der Waals surface area contributed by atoms with E-state index in [0.29, 0.717) is 23.6 Å². The first-order valence-electron chi connectivity index (χ1n) is 8.65. The summed E-state index contributed by atoms with van der Waals surface area (Å²) in [6.45, 7) is 1.13. The van der Waals surface area contributed by atoms with Gasteiger partial charge >= 0.3 is 0 Å². The average molecular weight is 432 g/mol. The molecule has 1 fully saturated rings. The maximum Gasteiger partial charge on any atom is 0.166 e. The lowest BCUT2D eigenvalue weighted by Gasteiger charge is -2.24.